The van der Waals surface area contributed by atoms with Crippen molar-refractivity contribution in [2.24, 2.45) is 5.92 Å². The van der Waals surface area contributed by atoms with Crippen molar-refractivity contribution < 1.29 is 18.0 Å². The van der Waals surface area contributed by atoms with E-state index in [-0.39, 0.29) is 22.5 Å². The minimum Gasteiger partial charge on any atom is -0.346 e. The van der Waals surface area contributed by atoms with Crippen LogP contribution in [0.25, 0.3) is 0 Å². The fraction of sp³-hybridized carbons (Fsp3) is 0.556. The Kier molecular flexibility index (Phi) is 6.35. The lowest BCUT2D eigenvalue weighted by molar-refractivity contribution is -0.135. The monoisotopic (exact) mass is 366 g/mol. The highest BCUT2D eigenvalue weighted by molar-refractivity contribution is 7.89. The highest BCUT2D eigenvalue weighted by atomic mass is 32.2. The Labute approximate surface area is 149 Å². The topological polar surface area (TPSA) is 74.8 Å². The van der Waals surface area contributed by atoms with Crippen LogP contribution in [0.15, 0.2) is 29.2 Å². The van der Waals surface area contributed by atoms with Crippen LogP contribution < -0.4 is 0 Å². The Hall–Kier alpha value is -1.73. The molecule has 1 aliphatic rings. The number of amides is 1. The van der Waals surface area contributed by atoms with Gasteiger partial charge in [0.25, 0.3) is 0 Å². The molecule has 0 atom stereocenters. The fourth-order valence-electron chi connectivity index (χ4n) is 3.12. The van der Waals surface area contributed by atoms with Gasteiger partial charge >= 0.3 is 0 Å². The molecule has 1 fully saturated rings. The fourth-order valence-corrected chi connectivity index (χ4v) is 4.64. The van der Waals surface area contributed by atoms with E-state index in [1.165, 1.54) is 23.4 Å². The highest BCUT2D eigenvalue weighted by Crippen LogP contribution is 2.25. The molecule has 1 aromatic carbocycles. The molecule has 2 rings (SSSR count). The predicted molar refractivity (Wildman–Crippen MR) is 95.9 cm³/mol. The second kappa shape index (κ2) is 8.10. The van der Waals surface area contributed by atoms with Crippen molar-refractivity contribution in [2.45, 2.75) is 38.0 Å². The van der Waals surface area contributed by atoms with Gasteiger partial charge in [0.1, 0.15) is 0 Å². The van der Waals surface area contributed by atoms with Crippen LogP contribution in [-0.4, -0.2) is 56.0 Å². The van der Waals surface area contributed by atoms with E-state index in [4.69, 9.17) is 0 Å². The molecule has 1 heterocycles. The summed E-state index contributed by atoms with van der Waals surface area (Å²) in [5.41, 5.74) is 0.382. The molecular weight excluding hydrogens is 340 g/mol. The Balaban J connectivity index is 2.08. The van der Waals surface area contributed by atoms with Gasteiger partial charge < -0.3 is 4.90 Å². The van der Waals surface area contributed by atoms with E-state index >= 15 is 0 Å². The van der Waals surface area contributed by atoms with Crippen molar-refractivity contribution >= 4 is 21.7 Å². The molecule has 25 heavy (non-hydrogen) atoms. The third kappa shape index (κ3) is 4.46. The molecule has 0 saturated carbocycles. The first-order valence-electron chi connectivity index (χ1n) is 8.63. The number of carbonyl (C=O) groups excluding carboxylic acids is 2. The number of benzene rings is 1. The molecule has 1 amide bonds. The lowest BCUT2D eigenvalue weighted by Gasteiger charge is -2.32. The molecule has 1 saturated heterocycles. The zero-order valence-electron chi connectivity index (χ0n) is 15.1. The van der Waals surface area contributed by atoms with Gasteiger partial charge in [-0.1, -0.05) is 19.1 Å². The number of nitrogens with zero attached hydrogens (tertiary/aromatic N) is 2. The third-order valence-corrected chi connectivity index (χ3v) is 6.51. The summed E-state index contributed by atoms with van der Waals surface area (Å²) in [7, 11) is -1.85. The van der Waals surface area contributed by atoms with Crippen molar-refractivity contribution in [3.8, 4) is 0 Å². The van der Waals surface area contributed by atoms with E-state index < -0.39 is 10.0 Å². The molecule has 7 heteroatoms. The molecule has 0 bridgehead atoms. The van der Waals surface area contributed by atoms with Crippen LogP contribution in [0.3, 0.4) is 0 Å². The number of sulfonamides is 1. The first kappa shape index (κ1) is 19.6. The quantitative estimate of drug-likeness (QED) is 0.723. The van der Waals surface area contributed by atoms with Crippen molar-refractivity contribution in [2.75, 3.05) is 26.7 Å². The average Bonchev–Trinajstić information content (AvgIpc) is 2.61. The number of hydrogen-bond acceptors (Lipinski definition) is 4. The van der Waals surface area contributed by atoms with Crippen LogP contribution >= 0.6 is 0 Å². The van der Waals surface area contributed by atoms with E-state index in [9.17, 15) is 18.0 Å². The summed E-state index contributed by atoms with van der Waals surface area (Å²) in [4.78, 5) is 25.7. The number of hydrogen-bond donors (Lipinski definition) is 0. The number of rotatable bonds is 6. The molecule has 0 aromatic heterocycles. The Morgan fingerprint density at radius 2 is 1.88 bits per heavy atom. The predicted octanol–water partition coefficient (Wildman–Crippen LogP) is 2.16. The molecule has 6 nitrogen and oxygen atoms in total. The second-order valence-electron chi connectivity index (χ2n) is 6.52. The first-order valence-corrected chi connectivity index (χ1v) is 10.1. The van der Waals surface area contributed by atoms with Crippen LogP contribution in [0, 0.1) is 5.92 Å². The van der Waals surface area contributed by atoms with Gasteiger partial charge in [-0.15, -0.1) is 0 Å². The van der Waals surface area contributed by atoms with Gasteiger partial charge in [-0.05, 0) is 38.3 Å². The molecule has 0 spiro atoms. The summed E-state index contributed by atoms with van der Waals surface area (Å²) in [6.45, 7) is 4.80. The number of piperidine rings is 1. The molecule has 1 aromatic rings. The van der Waals surface area contributed by atoms with Crippen molar-refractivity contribution in [3.05, 3.63) is 29.8 Å². The van der Waals surface area contributed by atoms with Gasteiger partial charge in [-0.3, -0.25) is 9.59 Å². The van der Waals surface area contributed by atoms with Gasteiger partial charge in [0.05, 0.1) is 4.90 Å². The molecule has 0 N–H and O–H groups in total. The van der Waals surface area contributed by atoms with Crippen molar-refractivity contribution in [3.63, 3.8) is 0 Å². The van der Waals surface area contributed by atoms with Gasteiger partial charge in [0, 0.05) is 38.2 Å². The normalized spacial score (nSPS) is 16.6. The molecule has 0 aliphatic carbocycles. The van der Waals surface area contributed by atoms with Crippen molar-refractivity contribution in [1.29, 1.82) is 0 Å². The maximum atomic E-state index is 12.8. The first-order chi connectivity index (χ1) is 11.8. The lowest BCUT2D eigenvalue weighted by Crippen LogP contribution is -2.43. The third-order valence-electron chi connectivity index (χ3n) is 4.62. The maximum absolute atomic E-state index is 12.8. The SMILES string of the molecule is CCCN(C)C(=O)C1CCN(S(=O)(=O)c2cccc(C(C)=O)c2)CC1. The molecular formula is C18H26N2O4S. The minimum atomic E-state index is -3.64. The average molecular weight is 366 g/mol. The zero-order valence-corrected chi connectivity index (χ0v) is 15.9. The molecule has 0 radical (unpaired) electrons. The standard InChI is InChI=1S/C18H26N2O4S/c1-4-10-19(3)18(22)15-8-11-20(12-9-15)25(23,24)17-7-5-6-16(13-17)14(2)21/h5-7,13,15H,4,8-12H2,1-3H3. The largest absolute Gasteiger partial charge is 0.346 e. The van der Waals surface area contributed by atoms with E-state index in [0.29, 0.717) is 31.5 Å². The Morgan fingerprint density at radius 3 is 2.44 bits per heavy atom. The zero-order chi connectivity index (χ0) is 18.6. The number of Topliss-reactive ketones (excluding diaryl/α,β-unsaturated/α-hetero) is 1. The summed E-state index contributed by atoms with van der Waals surface area (Å²) < 4.78 is 27.0. The summed E-state index contributed by atoms with van der Waals surface area (Å²) >= 11 is 0. The highest BCUT2D eigenvalue weighted by Gasteiger charge is 2.33. The summed E-state index contributed by atoms with van der Waals surface area (Å²) in [5.74, 6) is -0.190. The van der Waals surface area contributed by atoms with E-state index in [1.807, 2.05) is 6.92 Å². The summed E-state index contributed by atoms with van der Waals surface area (Å²) in [6.07, 6.45) is 1.96. The Morgan fingerprint density at radius 1 is 1.24 bits per heavy atom. The van der Waals surface area contributed by atoms with Crippen LogP contribution in [0.5, 0.6) is 0 Å². The smallest absolute Gasteiger partial charge is 0.243 e. The van der Waals surface area contributed by atoms with E-state index in [1.54, 1.807) is 24.1 Å². The minimum absolute atomic E-state index is 0.0949. The van der Waals surface area contributed by atoms with Gasteiger partial charge in [-0.2, -0.15) is 4.31 Å². The van der Waals surface area contributed by atoms with E-state index in [0.717, 1.165) is 13.0 Å². The second-order valence-corrected chi connectivity index (χ2v) is 8.46. The van der Waals surface area contributed by atoms with Gasteiger partial charge in [0.15, 0.2) is 5.78 Å². The van der Waals surface area contributed by atoms with Crippen molar-refractivity contribution in [1.82, 2.24) is 9.21 Å². The van der Waals surface area contributed by atoms with Gasteiger partial charge in [-0.25, -0.2) is 8.42 Å². The summed E-state index contributed by atoms with van der Waals surface area (Å²) in [5, 5.41) is 0. The molecule has 0 unspecified atom stereocenters. The maximum Gasteiger partial charge on any atom is 0.243 e. The number of ketones is 1. The molecule has 138 valence electrons. The number of carbonyl (C=O) groups is 2. The Bertz CT molecular complexity index is 737. The van der Waals surface area contributed by atoms with E-state index in [2.05, 4.69) is 0 Å². The molecule has 1 aliphatic heterocycles. The van der Waals surface area contributed by atoms with Gasteiger partial charge in [0.2, 0.25) is 15.9 Å². The van der Waals surface area contributed by atoms with Crippen LogP contribution in [0.1, 0.15) is 43.5 Å². The van der Waals surface area contributed by atoms with Crippen LogP contribution in [0.2, 0.25) is 0 Å². The lowest BCUT2D eigenvalue weighted by atomic mass is 9.96. The van der Waals surface area contributed by atoms with Crippen LogP contribution in [-0.2, 0) is 14.8 Å². The summed E-state index contributed by atoms with van der Waals surface area (Å²) in [6, 6.07) is 6.12. The van der Waals surface area contributed by atoms with Crippen LogP contribution in [0.4, 0.5) is 0 Å².